The van der Waals surface area contributed by atoms with Gasteiger partial charge in [-0.2, -0.15) is 0 Å². The summed E-state index contributed by atoms with van der Waals surface area (Å²) in [7, 11) is 1.64. The quantitative estimate of drug-likeness (QED) is 0.722. The van der Waals surface area contributed by atoms with E-state index >= 15 is 0 Å². The van der Waals surface area contributed by atoms with Crippen molar-refractivity contribution in [3.8, 4) is 17.1 Å². The van der Waals surface area contributed by atoms with Crippen molar-refractivity contribution < 1.29 is 14.3 Å². The minimum absolute atomic E-state index is 0.114. The molecule has 7 nitrogen and oxygen atoms in total. The highest BCUT2D eigenvalue weighted by molar-refractivity contribution is 7.99. The number of morpholine rings is 1. The third-order valence-electron chi connectivity index (χ3n) is 4.22. The highest BCUT2D eigenvalue weighted by atomic mass is 32.2. The van der Waals surface area contributed by atoms with E-state index in [4.69, 9.17) is 9.47 Å². The molecule has 0 saturated carbocycles. The smallest absolute Gasteiger partial charge is 0.233 e. The van der Waals surface area contributed by atoms with Gasteiger partial charge in [-0.1, -0.05) is 11.8 Å². The number of hydrogen-bond acceptors (Lipinski definition) is 6. The van der Waals surface area contributed by atoms with Gasteiger partial charge < -0.3 is 14.4 Å². The molecule has 0 atom stereocenters. The van der Waals surface area contributed by atoms with Crippen LogP contribution in [0, 0.1) is 0 Å². The van der Waals surface area contributed by atoms with Gasteiger partial charge in [0, 0.05) is 24.7 Å². The molecule has 3 rings (SSSR count). The fraction of sp³-hybridized carbons (Fsp3) is 0.500. The van der Waals surface area contributed by atoms with E-state index in [1.165, 1.54) is 11.8 Å². The van der Waals surface area contributed by atoms with Gasteiger partial charge in [0.15, 0.2) is 11.0 Å². The third-order valence-corrected chi connectivity index (χ3v) is 5.15. The largest absolute Gasteiger partial charge is 0.497 e. The van der Waals surface area contributed by atoms with E-state index in [0.29, 0.717) is 32.1 Å². The molecule has 0 N–H and O–H groups in total. The maximum atomic E-state index is 12.4. The predicted molar refractivity (Wildman–Crippen MR) is 101 cm³/mol. The minimum Gasteiger partial charge on any atom is -0.497 e. The highest BCUT2D eigenvalue weighted by Crippen LogP contribution is 2.28. The van der Waals surface area contributed by atoms with Crippen LogP contribution in [-0.4, -0.2) is 64.7 Å². The van der Waals surface area contributed by atoms with E-state index in [-0.39, 0.29) is 11.9 Å². The second-order valence-electron chi connectivity index (χ2n) is 6.28. The van der Waals surface area contributed by atoms with Crippen molar-refractivity contribution in [2.75, 3.05) is 39.2 Å². The van der Waals surface area contributed by atoms with Gasteiger partial charge in [0.2, 0.25) is 5.91 Å². The Labute approximate surface area is 157 Å². The first-order valence-corrected chi connectivity index (χ1v) is 9.66. The number of ether oxygens (including phenoxy) is 2. The van der Waals surface area contributed by atoms with Gasteiger partial charge in [-0.25, -0.2) is 0 Å². The minimum atomic E-state index is 0.114. The first kappa shape index (κ1) is 18.7. The zero-order valence-corrected chi connectivity index (χ0v) is 16.2. The first-order valence-electron chi connectivity index (χ1n) is 8.67. The van der Waals surface area contributed by atoms with E-state index in [1.807, 2.05) is 29.2 Å². The van der Waals surface area contributed by atoms with Crippen molar-refractivity contribution in [2.24, 2.45) is 0 Å². The third kappa shape index (κ3) is 4.19. The Morgan fingerprint density at radius 2 is 1.92 bits per heavy atom. The lowest BCUT2D eigenvalue weighted by atomic mass is 10.2. The van der Waals surface area contributed by atoms with Crippen LogP contribution in [0.2, 0.25) is 0 Å². The number of rotatable bonds is 6. The SMILES string of the molecule is COc1ccc(-c2nnc(SCC(=O)N3CCOCC3)n2C(C)C)cc1. The molecular weight excluding hydrogens is 352 g/mol. The number of benzene rings is 1. The summed E-state index contributed by atoms with van der Waals surface area (Å²) >= 11 is 1.43. The summed E-state index contributed by atoms with van der Waals surface area (Å²) in [6.07, 6.45) is 0. The van der Waals surface area contributed by atoms with Gasteiger partial charge in [0.05, 0.1) is 26.1 Å². The molecule has 140 valence electrons. The molecule has 2 heterocycles. The van der Waals surface area contributed by atoms with E-state index in [1.54, 1.807) is 7.11 Å². The predicted octanol–water partition coefficient (Wildman–Crippen LogP) is 2.49. The molecular formula is C18H24N4O3S. The van der Waals surface area contributed by atoms with Crippen LogP contribution < -0.4 is 4.74 Å². The average molecular weight is 376 g/mol. The Hall–Kier alpha value is -2.06. The monoisotopic (exact) mass is 376 g/mol. The molecule has 0 aliphatic carbocycles. The van der Waals surface area contributed by atoms with Crippen molar-refractivity contribution >= 4 is 17.7 Å². The number of aromatic nitrogens is 3. The van der Waals surface area contributed by atoms with Crippen molar-refractivity contribution in [1.29, 1.82) is 0 Å². The van der Waals surface area contributed by atoms with E-state index in [9.17, 15) is 4.79 Å². The molecule has 0 bridgehead atoms. The Morgan fingerprint density at radius 1 is 1.23 bits per heavy atom. The number of hydrogen-bond donors (Lipinski definition) is 0. The number of thioether (sulfide) groups is 1. The Morgan fingerprint density at radius 3 is 2.54 bits per heavy atom. The normalized spacial score (nSPS) is 14.7. The van der Waals surface area contributed by atoms with Gasteiger partial charge in [-0.3, -0.25) is 9.36 Å². The molecule has 1 fully saturated rings. The lowest BCUT2D eigenvalue weighted by Gasteiger charge is -2.26. The number of methoxy groups -OCH3 is 1. The van der Waals surface area contributed by atoms with Gasteiger partial charge in [0.1, 0.15) is 5.75 Å². The number of nitrogens with zero attached hydrogens (tertiary/aromatic N) is 4. The summed E-state index contributed by atoms with van der Waals surface area (Å²) in [6, 6.07) is 7.93. The maximum Gasteiger partial charge on any atom is 0.233 e. The topological polar surface area (TPSA) is 69.5 Å². The van der Waals surface area contributed by atoms with Crippen molar-refractivity contribution in [3.63, 3.8) is 0 Å². The molecule has 8 heteroatoms. The summed E-state index contributed by atoms with van der Waals surface area (Å²) in [5, 5.41) is 9.44. The molecule has 1 aliphatic rings. The fourth-order valence-electron chi connectivity index (χ4n) is 2.81. The standard InChI is InChI=1S/C18H24N4O3S/c1-13(2)22-17(14-4-6-15(24-3)7-5-14)19-20-18(22)26-12-16(23)21-8-10-25-11-9-21/h4-7,13H,8-12H2,1-3H3. The molecule has 1 aliphatic heterocycles. The molecule has 26 heavy (non-hydrogen) atoms. The summed E-state index contributed by atoms with van der Waals surface area (Å²) in [4.78, 5) is 14.2. The van der Waals surface area contributed by atoms with Crippen LogP contribution in [0.15, 0.2) is 29.4 Å². The van der Waals surface area contributed by atoms with Crippen LogP contribution >= 0.6 is 11.8 Å². The van der Waals surface area contributed by atoms with Gasteiger partial charge in [-0.15, -0.1) is 10.2 Å². The molecule has 1 saturated heterocycles. The molecule has 1 aromatic heterocycles. The first-order chi connectivity index (χ1) is 12.6. The van der Waals surface area contributed by atoms with Crippen LogP contribution in [0.1, 0.15) is 19.9 Å². The zero-order chi connectivity index (χ0) is 18.5. The summed E-state index contributed by atoms with van der Waals surface area (Å²) in [6.45, 7) is 6.72. The van der Waals surface area contributed by atoms with Gasteiger partial charge in [0.25, 0.3) is 0 Å². The summed E-state index contributed by atoms with van der Waals surface area (Å²) < 4.78 is 12.6. The highest BCUT2D eigenvalue weighted by Gasteiger charge is 2.21. The second kappa shape index (κ2) is 8.55. The molecule has 2 aromatic rings. The number of carbonyl (C=O) groups is 1. The summed E-state index contributed by atoms with van der Waals surface area (Å²) in [5.41, 5.74) is 0.971. The van der Waals surface area contributed by atoms with Crippen LogP contribution in [0.4, 0.5) is 0 Å². The molecule has 0 spiro atoms. The van der Waals surface area contributed by atoms with Crippen molar-refractivity contribution in [2.45, 2.75) is 25.0 Å². The molecule has 1 amide bonds. The lowest BCUT2D eigenvalue weighted by Crippen LogP contribution is -2.41. The maximum absolute atomic E-state index is 12.4. The van der Waals surface area contributed by atoms with E-state index < -0.39 is 0 Å². The average Bonchev–Trinajstić information content (AvgIpc) is 3.11. The zero-order valence-electron chi connectivity index (χ0n) is 15.3. The second-order valence-corrected chi connectivity index (χ2v) is 7.22. The van der Waals surface area contributed by atoms with Crippen molar-refractivity contribution in [3.05, 3.63) is 24.3 Å². The Bertz CT molecular complexity index is 739. The van der Waals surface area contributed by atoms with E-state index in [2.05, 4.69) is 28.6 Å². The van der Waals surface area contributed by atoms with Crippen LogP contribution in [-0.2, 0) is 9.53 Å². The van der Waals surface area contributed by atoms with Crippen LogP contribution in [0.25, 0.3) is 11.4 Å². The fourth-order valence-corrected chi connectivity index (χ4v) is 3.78. The Kier molecular flexibility index (Phi) is 6.16. The van der Waals surface area contributed by atoms with Crippen LogP contribution in [0.3, 0.4) is 0 Å². The van der Waals surface area contributed by atoms with Gasteiger partial charge >= 0.3 is 0 Å². The number of carbonyl (C=O) groups excluding carboxylic acids is 1. The molecule has 0 radical (unpaired) electrons. The summed E-state index contributed by atoms with van der Waals surface area (Å²) in [5.74, 6) is 2.06. The molecule has 1 aromatic carbocycles. The molecule has 0 unspecified atom stereocenters. The Balaban J connectivity index is 1.75. The lowest BCUT2D eigenvalue weighted by molar-refractivity contribution is -0.132. The van der Waals surface area contributed by atoms with Crippen LogP contribution in [0.5, 0.6) is 5.75 Å². The number of amides is 1. The van der Waals surface area contributed by atoms with Crippen molar-refractivity contribution in [1.82, 2.24) is 19.7 Å². The van der Waals surface area contributed by atoms with E-state index in [0.717, 1.165) is 22.3 Å². The van der Waals surface area contributed by atoms with Gasteiger partial charge in [-0.05, 0) is 38.1 Å².